The van der Waals surface area contributed by atoms with Gasteiger partial charge in [-0.15, -0.1) is 30.6 Å². The molecule has 1 aromatic rings. The van der Waals surface area contributed by atoms with Gasteiger partial charge in [0.2, 0.25) is 0 Å². The van der Waals surface area contributed by atoms with Gasteiger partial charge in [-0.25, -0.2) is 4.39 Å². The zero-order valence-electron chi connectivity index (χ0n) is 13.2. The van der Waals surface area contributed by atoms with Crippen LogP contribution in [0.15, 0.2) is 29.8 Å². The van der Waals surface area contributed by atoms with E-state index < -0.39 is 0 Å². The molecule has 5 nitrogen and oxygen atoms in total. The molecule has 2 N–H and O–H groups in total. The number of fused-ring (bicyclic) bond motifs is 1. The number of nitrogens with one attached hydrogen (secondary N) is 2. The quantitative estimate of drug-likeness (QED) is 0.312. The van der Waals surface area contributed by atoms with E-state index >= 15 is 0 Å². The molecule has 1 aromatic carbocycles. The Labute approximate surface area is 153 Å². The lowest BCUT2D eigenvalue weighted by atomic mass is 10.1. The summed E-state index contributed by atoms with van der Waals surface area (Å²) in [4.78, 5) is 4.46. The van der Waals surface area contributed by atoms with E-state index in [1.54, 1.807) is 6.08 Å². The predicted molar refractivity (Wildman–Crippen MR) is 100.0 cm³/mol. The van der Waals surface area contributed by atoms with Crippen molar-refractivity contribution in [2.45, 2.75) is 20.0 Å². The first-order chi connectivity index (χ1) is 10.7. The van der Waals surface area contributed by atoms with Crippen molar-refractivity contribution in [2.24, 2.45) is 4.99 Å². The highest BCUT2D eigenvalue weighted by atomic mass is 127. The maximum atomic E-state index is 13.6. The average Bonchev–Trinajstić information content (AvgIpc) is 2.52. The van der Waals surface area contributed by atoms with Crippen molar-refractivity contribution in [3.8, 4) is 5.75 Å². The molecule has 0 saturated heterocycles. The first kappa shape index (κ1) is 19.7. The topological polar surface area (TPSA) is 54.9 Å². The number of benzene rings is 1. The zero-order chi connectivity index (χ0) is 15.8. The van der Waals surface area contributed by atoms with Gasteiger partial charge >= 0.3 is 0 Å². The normalized spacial score (nSPS) is 13.4. The third-order valence-corrected chi connectivity index (χ3v) is 3.16. The van der Waals surface area contributed by atoms with E-state index in [1.165, 1.54) is 12.1 Å². The van der Waals surface area contributed by atoms with Gasteiger partial charge in [0.15, 0.2) is 12.8 Å². The molecule has 0 amide bonds. The average molecular weight is 435 g/mol. The van der Waals surface area contributed by atoms with E-state index in [0.29, 0.717) is 26.1 Å². The van der Waals surface area contributed by atoms with Gasteiger partial charge in [0.1, 0.15) is 11.6 Å². The van der Waals surface area contributed by atoms with Crippen LogP contribution in [0.2, 0.25) is 0 Å². The number of hydrogen-bond acceptors (Lipinski definition) is 3. The van der Waals surface area contributed by atoms with Crippen LogP contribution in [0.4, 0.5) is 4.39 Å². The SMILES string of the molecule is C=CCNC(=NCCc1cc(F)cc2c1OCOC2)NCC.I. The van der Waals surface area contributed by atoms with Crippen LogP contribution in [0.3, 0.4) is 0 Å². The minimum absolute atomic E-state index is 0. The third-order valence-electron chi connectivity index (χ3n) is 3.16. The second-order valence-corrected chi connectivity index (χ2v) is 4.84. The van der Waals surface area contributed by atoms with E-state index in [2.05, 4.69) is 22.2 Å². The van der Waals surface area contributed by atoms with Gasteiger partial charge in [-0.1, -0.05) is 6.08 Å². The molecule has 0 aromatic heterocycles. The minimum atomic E-state index is -0.275. The van der Waals surface area contributed by atoms with E-state index in [1.807, 2.05) is 6.92 Å². The maximum Gasteiger partial charge on any atom is 0.191 e. The van der Waals surface area contributed by atoms with E-state index in [4.69, 9.17) is 9.47 Å². The molecule has 0 spiro atoms. The van der Waals surface area contributed by atoms with Crippen LogP contribution >= 0.6 is 24.0 Å². The van der Waals surface area contributed by atoms with Gasteiger partial charge in [-0.2, -0.15) is 0 Å². The molecule has 0 radical (unpaired) electrons. The summed E-state index contributed by atoms with van der Waals surface area (Å²) < 4.78 is 24.3. The molecule has 0 unspecified atom stereocenters. The van der Waals surface area contributed by atoms with Crippen LogP contribution in [0.5, 0.6) is 5.75 Å². The number of guanidine groups is 1. The Hall–Kier alpha value is -1.35. The van der Waals surface area contributed by atoms with Crippen molar-refractivity contribution in [3.63, 3.8) is 0 Å². The minimum Gasteiger partial charge on any atom is -0.467 e. The smallest absolute Gasteiger partial charge is 0.191 e. The summed E-state index contributed by atoms with van der Waals surface area (Å²) in [6.07, 6.45) is 2.37. The molecule has 0 bridgehead atoms. The number of nitrogens with zero attached hydrogens (tertiary/aromatic N) is 1. The maximum absolute atomic E-state index is 13.6. The Kier molecular flexibility index (Phi) is 8.93. The second kappa shape index (κ2) is 10.4. The number of ether oxygens (including phenoxy) is 2. The van der Waals surface area contributed by atoms with Crippen molar-refractivity contribution in [2.75, 3.05) is 26.4 Å². The lowest BCUT2D eigenvalue weighted by Gasteiger charge is -2.20. The summed E-state index contributed by atoms with van der Waals surface area (Å²) in [6, 6.07) is 2.96. The van der Waals surface area contributed by atoms with E-state index in [0.717, 1.165) is 29.4 Å². The molecular formula is C16H23FIN3O2. The highest BCUT2D eigenvalue weighted by molar-refractivity contribution is 14.0. The van der Waals surface area contributed by atoms with Gasteiger partial charge in [-0.05, 0) is 31.0 Å². The first-order valence-electron chi connectivity index (χ1n) is 7.39. The Morgan fingerprint density at radius 2 is 2.26 bits per heavy atom. The highest BCUT2D eigenvalue weighted by Gasteiger charge is 2.16. The zero-order valence-corrected chi connectivity index (χ0v) is 15.6. The number of aliphatic imine (C=N–C) groups is 1. The fourth-order valence-electron chi connectivity index (χ4n) is 2.24. The van der Waals surface area contributed by atoms with Gasteiger partial charge in [-0.3, -0.25) is 4.99 Å². The molecule has 1 aliphatic heterocycles. The van der Waals surface area contributed by atoms with Crippen LogP contribution in [-0.2, 0) is 17.8 Å². The molecule has 7 heteroatoms. The summed E-state index contributed by atoms with van der Waals surface area (Å²) in [7, 11) is 0. The van der Waals surface area contributed by atoms with Crippen molar-refractivity contribution in [3.05, 3.63) is 41.7 Å². The summed E-state index contributed by atoms with van der Waals surface area (Å²) in [5.41, 5.74) is 1.57. The lowest BCUT2D eigenvalue weighted by Crippen LogP contribution is -2.37. The second-order valence-electron chi connectivity index (χ2n) is 4.84. The van der Waals surface area contributed by atoms with Gasteiger partial charge < -0.3 is 20.1 Å². The Morgan fingerprint density at radius 3 is 3.00 bits per heavy atom. The van der Waals surface area contributed by atoms with E-state index in [-0.39, 0.29) is 36.6 Å². The van der Waals surface area contributed by atoms with Crippen molar-refractivity contribution >= 4 is 29.9 Å². The third kappa shape index (κ3) is 5.98. The molecule has 128 valence electrons. The van der Waals surface area contributed by atoms with Crippen LogP contribution in [0, 0.1) is 5.82 Å². The fraction of sp³-hybridized carbons (Fsp3) is 0.438. The van der Waals surface area contributed by atoms with Crippen molar-refractivity contribution in [1.82, 2.24) is 10.6 Å². The molecule has 1 heterocycles. The number of hydrogen-bond donors (Lipinski definition) is 2. The molecule has 0 fully saturated rings. The fourth-order valence-corrected chi connectivity index (χ4v) is 2.24. The lowest BCUT2D eigenvalue weighted by molar-refractivity contribution is -0.0172. The summed E-state index contributed by atoms with van der Waals surface area (Å²) in [5, 5.41) is 6.27. The van der Waals surface area contributed by atoms with E-state index in [9.17, 15) is 4.39 Å². The predicted octanol–water partition coefficient (Wildman–Crippen LogP) is 2.59. The van der Waals surface area contributed by atoms with Gasteiger partial charge in [0, 0.05) is 25.2 Å². The molecule has 0 saturated carbocycles. The highest BCUT2D eigenvalue weighted by Crippen LogP contribution is 2.29. The number of halogens is 2. The Morgan fingerprint density at radius 1 is 1.43 bits per heavy atom. The van der Waals surface area contributed by atoms with Gasteiger partial charge in [0.25, 0.3) is 0 Å². The van der Waals surface area contributed by atoms with Crippen LogP contribution < -0.4 is 15.4 Å². The molecule has 2 rings (SSSR count). The molecule has 0 aliphatic carbocycles. The Bertz CT molecular complexity index is 552. The summed E-state index contributed by atoms with van der Waals surface area (Å²) in [6.45, 7) is 8.21. The monoisotopic (exact) mass is 435 g/mol. The summed E-state index contributed by atoms with van der Waals surface area (Å²) in [5.74, 6) is 1.17. The molecular weight excluding hydrogens is 412 g/mol. The van der Waals surface area contributed by atoms with Crippen LogP contribution in [-0.4, -0.2) is 32.4 Å². The van der Waals surface area contributed by atoms with Gasteiger partial charge in [0.05, 0.1) is 6.61 Å². The van der Waals surface area contributed by atoms with Crippen LogP contribution in [0.25, 0.3) is 0 Å². The molecule has 23 heavy (non-hydrogen) atoms. The largest absolute Gasteiger partial charge is 0.467 e. The first-order valence-corrected chi connectivity index (χ1v) is 7.39. The summed E-state index contributed by atoms with van der Waals surface area (Å²) >= 11 is 0. The van der Waals surface area contributed by atoms with Crippen molar-refractivity contribution < 1.29 is 13.9 Å². The standard InChI is InChI=1S/C16H22FN3O2.HI/c1-3-6-19-16(18-4-2)20-7-5-12-8-14(17)9-13-10-21-11-22-15(12)13;/h3,8-9H,1,4-7,10-11H2,2H3,(H2,18,19,20);1H. The van der Waals surface area contributed by atoms with Crippen molar-refractivity contribution in [1.29, 1.82) is 0 Å². The number of rotatable bonds is 6. The molecule has 0 atom stereocenters. The van der Waals surface area contributed by atoms with Crippen LogP contribution in [0.1, 0.15) is 18.1 Å². The molecule has 1 aliphatic rings. The Balaban J connectivity index is 0.00000264.